The van der Waals surface area contributed by atoms with Crippen LogP contribution in [0.4, 0.5) is 5.00 Å². The van der Waals surface area contributed by atoms with Crippen LogP contribution in [0.3, 0.4) is 0 Å². The molecular weight excluding hydrogens is 464 g/mol. The van der Waals surface area contributed by atoms with E-state index in [4.69, 9.17) is 18.3 Å². The monoisotopic (exact) mass is 488 g/mol. The third-order valence-corrected chi connectivity index (χ3v) is 5.50. The molecule has 34 heavy (non-hydrogen) atoms. The largest absolute Gasteiger partial charge is 0.464 e. The van der Waals surface area contributed by atoms with E-state index in [1.807, 2.05) is 0 Å². The molecule has 0 aliphatic rings. The summed E-state index contributed by atoms with van der Waals surface area (Å²) in [5.41, 5.74) is 0.619. The lowest BCUT2D eigenvalue weighted by atomic mass is 10.0. The number of carbonyl (C=O) groups excluding carboxylic acids is 4. The zero-order chi connectivity index (χ0) is 24.7. The molecule has 11 heteroatoms. The van der Waals surface area contributed by atoms with E-state index in [9.17, 15) is 19.2 Å². The summed E-state index contributed by atoms with van der Waals surface area (Å²) in [6, 6.07) is 5.38. The third-order valence-electron chi connectivity index (χ3n) is 4.61. The Morgan fingerprint density at radius 1 is 1.06 bits per heavy atom. The number of thiophene rings is 1. The lowest BCUT2D eigenvalue weighted by Gasteiger charge is -2.20. The minimum Gasteiger partial charge on any atom is -0.464 e. The zero-order valence-electron chi connectivity index (χ0n) is 18.8. The molecule has 0 saturated carbocycles. The molecule has 3 aromatic heterocycles. The van der Waals surface area contributed by atoms with Gasteiger partial charge in [-0.25, -0.2) is 9.59 Å². The number of nitrogens with one attached hydrogen (secondary N) is 2. The lowest BCUT2D eigenvalue weighted by molar-refractivity contribution is -0.150. The van der Waals surface area contributed by atoms with Crippen molar-refractivity contribution in [3.8, 4) is 11.3 Å². The Morgan fingerprint density at radius 2 is 1.79 bits per heavy atom. The molecule has 0 aliphatic heterocycles. The number of hydrogen-bond donors (Lipinski definition) is 2. The fraction of sp³-hybridized carbons (Fsp3) is 0.304. The van der Waals surface area contributed by atoms with Crippen LogP contribution in [0.15, 0.2) is 51.0 Å². The molecule has 1 unspecified atom stereocenters. The first-order chi connectivity index (χ1) is 16.3. The van der Waals surface area contributed by atoms with Gasteiger partial charge in [-0.15, -0.1) is 11.3 Å². The first kappa shape index (κ1) is 24.8. The molecule has 0 saturated heterocycles. The maximum atomic E-state index is 12.5. The molecule has 0 fully saturated rings. The Bertz CT molecular complexity index is 1130. The van der Waals surface area contributed by atoms with Crippen LogP contribution in [0.2, 0.25) is 0 Å². The molecule has 2 N–H and O–H groups in total. The molecule has 0 aromatic carbocycles. The second-order valence-electron chi connectivity index (χ2n) is 7.38. The first-order valence-corrected chi connectivity index (χ1v) is 11.3. The number of hydrogen-bond acceptors (Lipinski definition) is 9. The zero-order valence-corrected chi connectivity index (χ0v) is 19.6. The summed E-state index contributed by atoms with van der Waals surface area (Å²) in [6.07, 6.45) is 2.81. The van der Waals surface area contributed by atoms with E-state index in [1.54, 1.807) is 44.4 Å². The van der Waals surface area contributed by atoms with E-state index in [-0.39, 0.29) is 28.8 Å². The van der Waals surface area contributed by atoms with Crippen molar-refractivity contribution < 1.29 is 37.5 Å². The van der Waals surface area contributed by atoms with Gasteiger partial charge in [-0.2, -0.15) is 0 Å². The molecule has 0 radical (unpaired) electrons. The smallest absolute Gasteiger partial charge is 0.341 e. The van der Waals surface area contributed by atoms with Gasteiger partial charge >= 0.3 is 11.9 Å². The van der Waals surface area contributed by atoms with Crippen LogP contribution in [0, 0.1) is 5.92 Å². The topological polar surface area (TPSA) is 137 Å². The molecule has 0 bridgehead atoms. The van der Waals surface area contributed by atoms with Crippen LogP contribution in [0.5, 0.6) is 0 Å². The average Bonchev–Trinajstić information content (AvgIpc) is 3.57. The Hall–Kier alpha value is -3.86. The Balaban J connectivity index is 1.65. The SMILES string of the molecule is CCOC(=O)c1c(-c2ccco2)csc1NC(=O)COC(=O)C(NC(=O)c1ccco1)C(C)C. The van der Waals surface area contributed by atoms with Gasteiger partial charge in [0.05, 0.1) is 19.1 Å². The van der Waals surface area contributed by atoms with Crippen LogP contribution < -0.4 is 10.6 Å². The predicted octanol–water partition coefficient (Wildman–Crippen LogP) is 3.71. The molecule has 10 nitrogen and oxygen atoms in total. The molecule has 180 valence electrons. The van der Waals surface area contributed by atoms with Gasteiger partial charge in [-0.1, -0.05) is 13.8 Å². The van der Waals surface area contributed by atoms with E-state index >= 15 is 0 Å². The summed E-state index contributed by atoms with van der Waals surface area (Å²) < 4.78 is 20.6. The molecule has 3 aromatic rings. The number of ether oxygens (including phenoxy) is 2. The third kappa shape index (κ3) is 5.93. The minimum atomic E-state index is -0.993. The van der Waals surface area contributed by atoms with Crippen LogP contribution in [0.1, 0.15) is 41.7 Å². The minimum absolute atomic E-state index is 0.0488. The maximum Gasteiger partial charge on any atom is 0.341 e. The number of esters is 2. The second-order valence-corrected chi connectivity index (χ2v) is 8.26. The van der Waals surface area contributed by atoms with Crippen LogP contribution in [0.25, 0.3) is 11.3 Å². The van der Waals surface area contributed by atoms with E-state index in [0.717, 1.165) is 11.3 Å². The normalized spacial score (nSPS) is 11.6. The summed E-state index contributed by atoms with van der Waals surface area (Å²) in [7, 11) is 0. The van der Waals surface area contributed by atoms with E-state index in [1.165, 1.54) is 18.6 Å². The van der Waals surface area contributed by atoms with Gasteiger partial charge in [0.15, 0.2) is 12.4 Å². The number of anilines is 1. The van der Waals surface area contributed by atoms with Crippen molar-refractivity contribution in [3.63, 3.8) is 0 Å². The summed E-state index contributed by atoms with van der Waals surface area (Å²) in [6.45, 7) is 4.65. The number of amides is 2. The van der Waals surface area contributed by atoms with Gasteiger partial charge in [-0.05, 0) is 37.1 Å². The molecule has 3 rings (SSSR count). The highest BCUT2D eigenvalue weighted by atomic mass is 32.1. The van der Waals surface area contributed by atoms with Crippen molar-refractivity contribution in [1.29, 1.82) is 0 Å². The highest BCUT2D eigenvalue weighted by Gasteiger charge is 2.28. The van der Waals surface area contributed by atoms with E-state index in [0.29, 0.717) is 11.3 Å². The van der Waals surface area contributed by atoms with Gasteiger partial charge in [0.2, 0.25) is 0 Å². The van der Waals surface area contributed by atoms with Gasteiger partial charge in [0.25, 0.3) is 11.8 Å². The van der Waals surface area contributed by atoms with Crippen LogP contribution in [-0.2, 0) is 19.1 Å². The first-order valence-electron chi connectivity index (χ1n) is 10.4. The van der Waals surface area contributed by atoms with Crippen molar-refractivity contribution in [3.05, 3.63) is 53.5 Å². The number of furan rings is 2. The van der Waals surface area contributed by atoms with Crippen molar-refractivity contribution in [1.82, 2.24) is 5.32 Å². The average molecular weight is 489 g/mol. The van der Waals surface area contributed by atoms with Crippen molar-refractivity contribution in [2.45, 2.75) is 26.8 Å². The standard InChI is InChI=1S/C23H24N2O8S/c1-4-30-22(28)18-14(15-7-5-9-31-15)12-34-21(18)24-17(26)11-33-23(29)19(13(2)3)25-20(27)16-8-6-10-32-16/h5-10,12-13,19H,4,11H2,1-3H3,(H,24,26)(H,25,27). The fourth-order valence-corrected chi connectivity index (χ4v) is 3.93. The summed E-state index contributed by atoms with van der Waals surface area (Å²) in [5.74, 6) is -2.45. The van der Waals surface area contributed by atoms with Crippen LogP contribution in [-0.4, -0.2) is 43.0 Å². The number of rotatable bonds is 10. The highest BCUT2D eigenvalue weighted by molar-refractivity contribution is 7.15. The van der Waals surface area contributed by atoms with Gasteiger partial charge in [0, 0.05) is 10.9 Å². The highest BCUT2D eigenvalue weighted by Crippen LogP contribution is 2.36. The maximum absolute atomic E-state index is 12.5. The van der Waals surface area contributed by atoms with Gasteiger partial charge < -0.3 is 28.9 Å². The van der Waals surface area contributed by atoms with Crippen LogP contribution >= 0.6 is 11.3 Å². The fourth-order valence-electron chi connectivity index (χ4n) is 2.98. The lowest BCUT2D eigenvalue weighted by Crippen LogP contribution is -2.45. The van der Waals surface area contributed by atoms with Crippen molar-refractivity contribution in [2.75, 3.05) is 18.5 Å². The molecule has 0 spiro atoms. The Morgan fingerprint density at radius 3 is 2.41 bits per heavy atom. The van der Waals surface area contributed by atoms with E-state index < -0.39 is 36.4 Å². The summed E-state index contributed by atoms with van der Waals surface area (Å²) >= 11 is 1.11. The molecule has 3 heterocycles. The van der Waals surface area contributed by atoms with Gasteiger partial charge in [0.1, 0.15) is 22.4 Å². The number of carbonyl (C=O) groups is 4. The molecular formula is C23H24N2O8S. The van der Waals surface area contributed by atoms with Gasteiger partial charge in [-0.3, -0.25) is 9.59 Å². The molecule has 1 atom stereocenters. The second kappa shape index (κ2) is 11.3. The summed E-state index contributed by atoms with van der Waals surface area (Å²) in [4.78, 5) is 49.8. The van der Waals surface area contributed by atoms with Crippen molar-refractivity contribution >= 4 is 40.1 Å². The molecule has 2 amide bonds. The molecule has 0 aliphatic carbocycles. The van der Waals surface area contributed by atoms with Crippen molar-refractivity contribution in [2.24, 2.45) is 5.92 Å². The predicted molar refractivity (Wildman–Crippen MR) is 122 cm³/mol. The Labute approximate surface area is 199 Å². The quantitative estimate of drug-likeness (QED) is 0.412. The summed E-state index contributed by atoms with van der Waals surface area (Å²) in [5, 5.41) is 7.01. The van der Waals surface area contributed by atoms with E-state index in [2.05, 4.69) is 10.6 Å². The Kier molecular flexibility index (Phi) is 8.25.